The molecule has 0 bridgehead atoms. The number of nitrogens with one attached hydrogen (secondary N) is 1. The normalized spacial score (nSPS) is 11.3. The van der Waals surface area contributed by atoms with Crippen LogP contribution >= 0.6 is 15.9 Å². The number of benzene rings is 3. The van der Waals surface area contributed by atoms with Gasteiger partial charge in [-0.25, -0.2) is 18.2 Å². The Labute approximate surface area is 205 Å². The number of ether oxygens (including phenoxy) is 2. The van der Waals surface area contributed by atoms with E-state index in [1.165, 1.54) is 44.7 Å². The van der Waals surface area contributed by atoms with Gasteiger partial charge in [-0.1, -0.05) is 18.2 Å². The third-order valence-electron chi connectivity index (χ3n) is 4.59. The fraction of sp³-hybridized carbons (Fsp3) is 0.130. The highest BCUT2D eigenvalue weighted by atomic mass is 79.9. The lowest BCUT2D eigenvalue weighted by Crippen LogP contribution is -2.39. The zero-order chi connectivity index (χ0) is 24.7. The van der Waals surface area contributed by atoms with Crippen molar-refractivity contribution in [2.45, 2.75) is 4.90 Å². The predicted octanol–water partition coefficient (Wildman–Crippen LogP) is 3.95. The number of carbonyl (C=O) groups is 1. The molecule has 0 atom stereocenters. The third kappa shape index (κ3) is 5.91. The van der Waals surface area contributed by atoms with Crippen LogP contribution in [0, 0.1) is 5.82 Å². The van der Waals surface area contributed by atoms with E-state index < -0.39 is 28.3 Å². The molecule has 0 saturated heterocycles. The van der Waals surface area contributed by atoms with Gasteiger partial charge in [0, 0.05) is 0 Å². The van der Waals surface area contributed by atoms with Crippen molar-refractivity contribution in [3.63, 3.8) is 0 Å². The molecule has 11 heteroatoms. The van der Waals surface area contributed by atoms with Crippen LogP contribution < -0.4 is 19.2 Å². The van der Waals surface area contributed by atoms with Crippen molar-refractivity contribution in [1.82, 2.24) is 5.43 Å². The largest absolute Gasteiger partial charge is 0.493 e. The molecule has 0 heterocycles. The summed E-state index contributed by atoms with van der Waals surface area (Å²) in [5.74, 6) is -0.263. The van der Waals surface area contributed by atoms with Crippen LogP contribution in [0.15, 0.2) is 81.2 Å². The highest BCUT2D eigenvalue weighted by molar-refractivity contribution is 9.10. The minimum Gasteiger partial charge on any atom is -0.493 e. The fourth-order valence-corrected chi connectivity index (χ4v) is 5.06. The van der Waals surface area contributed by atoms with Gasteiger partial charge in [0.15, 0.2) is 11.5 Å². The summed E-state index contributed by atoms with van der Waals surface area (Å²) in [5, 5.41) is 3.91. The quantitative estimate of drug-likeness (QED) is 0.322. The van der Waals surface area contributed by atoms with Crippen LogP contribution in [0.3, 0.4) is 0 Å². The molecule has 178 valence electrons. The van der Waals surface area contributed by atoms with Crippen LogP contribution in [0.25, 0.3) is 0 Å². The monoisotopic (exact) mass is 549 g/mol. The third-order valence-corrected chi connectivity index (χ3v) is 6.97. The molecule has 0 aliphatic heterocycles. The lowest BCUT2D eigenvalue weighted by molar-refractivity contribution is -0.119. The summed E-state index contributed by atoms with van der Waals surface area (Å²) in [6, 6.07) is 15.8. The second kappa shape index (κ2) is 11.1. The summed E-state index contributed by atoms with van der Waals surface area (Å²) in [4.78, 5) is 12.6. The van der Waals surface area contributed by atoms with Crippen LogP contribution in [0.1, 0.15) is 5.56 Å². The minimum atomic E-state index is -4.10. The lowest BCUT2D eigenvalue weighted by Gasteiger charge is -2.23. The number of rotatable bonds is 9. The van der Waals surface area contributed by atoms with Crippen LogP contribution in [0.4, 0.5) is 10.1 Å². The van der Waals surface area contributed by atoms with Gasteiger partial charge in [0.1, 0.15) is 12.4 Å². The van der Waals surface area contributed by atoms with Gasteiger partial charge in [0.25, 0.3) is 15.9 Å². The molecule has 0 spiro atoms. The molecule has 0 radical (unpaired) electrons. The topological polar surface area (TPSA) is 97.3 Å². The first-order valence-electron chi connectivity index (χ1n) is 9.83. The number of hydrogen-bond acceptors (Lipinski definition) is 6. The molecule has 1 amide bonds. The van der Waals surface area contributed by atoms with E-state index in [1.54, 1.807) is 30.3 Å². The first-order valence-corrected chi connectivity index (χ1v) is 12.1. The van der Waals surface area contributed by atoms with Gasteiger partial charge >= 0.3 is 0 Å². The van der Waals surface area contributed by atoms with E-state index in [4.69, 9.17) is 9.47 Å². The summed E-state index contributed by atoms with van der Waals surface area (Å²) in [5.41, 5.74) is 3.04. The average molecular weight is 550 g/mol. The van der Waals surface area contributed by atoms with Gasteiger partial charge in [0.2, 0.25) is 0 Å². The fourth-order valence-electron chi connectivity index (χ4n) is 3.00. The molecule has 0 aliphatic rings. The van der Waals surface area contributed by atoms with Gasteiger partial charge in [0.05, 0.1) is 35.5 Å². The molecule has 0 saturated carbocycles. The predicted molar refractivity (Wildman–Crippen MR) is 130 cm³/mol. The molecule has 1 N–H and O–H groups in total. The number of methoxy groups -OCH3 is 2. The number of sulfonamides is 1. The second-order valence-electron chi connectivity index (χ2n) is 6.83. The molecular formula is C23H21BrFN3O5S. The van der Waals surface area contributed by atoms with Gasteiger partial charge in [-0.05, 0) is 70.0 Å². The van der Waals surface area contributed by atoms with Crippen LogP contribution in [-0.2, 0) is 14.8 Å². The lowest BCUT2D eigenvalue weighted by atomic mass is 10.2. The zero-order valence-electron chi connectivity index (χ0n) is 18.2. The van der Waals surface area contributed by atoms with Gasteiger partial charge in [-0.3, -0.25) is 9.10 Å². The minimum absolute atomic E-state index is 0.00851. The summed E-state index contributed by atoms with van der Waals surface area (Å²) in [7, 11) is -1.10. The molecule has 0 fully saturated rings. The van der Waals surface area contributed by atoms with Crippen LogP contribution in [0.2, 0.25) is 0 Å². The Kier molecular flexibility index (Phi) is 8.24. The number of halogens is 2. The van der Waals surface area contributed by atoms with Crippen molar-refractivity contribution in [3.05, 3.63) is 82.6 Å². The van der Waals surface area contributed by atoms with E-state index in [-0.39, 0.29) is 10.6 Å². The van der Waals surface area contributed by atoms with E-state index in [1.807, 2.05) is 0 Å². The SMILES string of the molecule is COc1cc(/C=N\NC(=O)CN(c2ccc(F)cc2)S(=O)(=O)c2ccccc2)cc(Br)c1OC. The maximum absolute atomic E-state index is 13.4. The van der Waals surface area contributed by atoms with Crippen LogP contribution in [-0.4, -0.2) is 41.3 Å². The Bertz CT molecular complexity index is 1290. The van der Waals surface area contributed by atoms with Crippen molar-refractivity contribution in [1.29, 1.82) is 0 Å². The summed E-state index contributed by atoms with van der Waals surface area (Å²) >= 11 is 3.37. The van der Waals surface area contributed by atoms with E-state index in [9.17, 15) is 17.6 Å². The van der Waals surface area contributed by atoms with Crippen LogP contribution in [0.5, 0.6) is 11.5 Å². The standard InChI is InChI=1S/C23H21BrFN3O5S/c1-32-21-13-16(12-20(24)23(21)33-2)14-26-27-22(29)15-28(18-10-8-17(25)9-11-18)34(30,31)19-6-4-3-5-7-19/h3-14H,15H2,1-2H3,(H,27,29)/b26-14-. The second-order valence-corrected chi connectivity index (χ2v) is 9.55. The Morgan fingerprint density at radius 2 is 1.76 bits per heavy atom. The molecule has 0 unspecified atom stereocenters. The number of anilines is 1. The molecule has 0 aliphatic carbocycles. The molecule has 3 aromatic carbocycles. The molecule has 3 aromatic rings. The van der Waals surface area contributed by atoms with Gasteiger partial charge < -0.3 is 9.47 Å². The van der Waals surface area contributed by atoms with Crippen molar-refractivity contribution < 1.29 is 27.1 Å². The van der Waals surface area contributed by atoms with Crippen molar-refractivity contribution in [2.24, 2.45) is 5.10 Å². The van der Waals surface area contributed by atoms with E-state index in [2.05, 4.69) is 26.5 Å². The Balaban J connectivity index is 1.81. The highest BCUT2D eigenvalue weighted by Crippen LogP contribution is 2.35. The maximum Gasteiger partial charge on any atom is 0.264 e. The first-order chi connectivity index (χ1) is 16.3. The average Bonchev–Trinajstić information content (AvgIpc) is 2.83. The molecular weight excluding hydrogens is 529 g/mol. The van der Waals surface area contributed by atoms with E-state index in [0.717, 1.165) is 16.4 Å². The van der Waals surface area contributed by atoms with Crippen molar-refractivity contribution >= 4 is 43.8 Å². The first kappa shape index (κ1) is 25.2. The van der Waals surface area contributed by atoms with Gasteiger partial charge in [-0.15, -0.1) is 0 Å². The number of hydrogen-bond donors (Lipinski definition) is 1. The summed E-state index contributed by atoms with van der Waals surface area (Å²) < 4.78 is 51.8. The van der Waals surface area contributed by atoms with Gasteiger partial charge in [-0.2, -0.15) is 5.10 Å². The van der Waals surface area contributed by atoms with E-state index in [0.29, 0.717) is 21.5 Å². The van der Waals surface area contributed by atoms with E-state index >= 15 is 0 Å². The number of amides is 1. The van der Waals surface area contributed by atoms with Crippen molar-refractivity contribution in [2.75, 3.05) is 25.1 Å². The molecule has 34 heavy (non-hydrogen) atoms. The van der Waals surface area contributed by atoms with Crippen molar-refractivity contribution in [3.8, 4) is 11.5 Å². The molecule has 0 aromatic heterocycles. The highest BCUT2D eigenvalue weighted by Gasteiger charge is 2.27. The number of nitrogens with zero attached hydrogens (tertiary/aromatic N) is 2. The number of hydrazone groups is 1. The summed E-state index contributed by atoms with van der Waals surface area (Å²) in [6.45, 7) is -0.574. The Morgan fingerprint density at radius 3 is 2.38 bits per heavy atom. The zero-order valence-corrected chi connectivity index (χ0v) is 20.6. The smallest absolute Gasteiger partial charge is 0.264 e. The Hall–Kier alpha value is -3.44. The Morgan fingerprint density at radius 1 is 1.09 bits per heavy atom. The molecule has 8 nitrogen and oxygen atoms in total. The number of carbonyl (C=O) groups excluding carboxylic acids is 1. The molecule has 3 rings (SSSR count). The summed E-state index contributed by atoms with van der Waals surface area (Å²) in [6.07, 6.45) is 1.37. The maximum atomic E-state index is 13.4.